The quantitative estimate of drug-likeness (QED) is 0.498. The van der Waals surface area contributed by atoms with Crippen LogP contribution >= 0.6 is 34.7 Å². The van der Waals surface area contributed by atoms with Crippen molar-refractivity contribution in [3.63, 3.8) is 0 Å². The largest absolute Gasteiger partial charge is 0.305 e. The minimum absolute atomic E-state index is 0.169. The zero-order valence-electron chi connectivity index (χ0n) is 14.0. The molecule has 0 radical (unpaired) electrons. The molecule has 26 heavy (non-hydrogen) atoms. The number of halogens is 2. The van der Waals surface area contributed by atoms with Gasteiger partial charge in [0.15, 0.2) is 0 Å². The summed E-state index contributed by atoms with van der Waals surface area (Å²) in [6.07, 6.45) is 0. The van der Waals surface area contributed by atoms with E-state index < -0.39 is 0 Å². The summed E-state index contributed by atoms with van der Waals surface area (Å²) in [4.78, 5) is 17.4. The number of hydrogen-bond donors (Lipinski definition) is 0. The number of para-hydroxylation sites is 1. The van der Waals surface area contributed by atoms with E-state index in [1.165, 1.54) is 22.3 Å². The summed E-state index contributed by atoms with van der Waals surface area (Å²) in [5.74, 6) is 0.246. The molecule has 1 aliphatic rings. The average molecular weight is 404 g/mol. The van der Waals surface area contributed by atoms with Crippen molar-refractivity contribution in [1.82, 2.24) is 0 Å². The SMILES string of the molecule is CCN(C(=O)c1cc2c(s1)-c1ccc(Cl)cc1SC2)c1ccccc1F. The van der Waals surface area contributed by atoms with Gasteiger partial charge in [-0.15, -0.1) is 23.1 Å². The summed E-state index contributed by atoms with van der Waals surface area (Å²) in [7, 11) is 0. The molecule has 0 saturated heterocycles. The molecule has 0 N–H and O–H groups in total. The molecule has 0 fully saturated rings. The Hall–Kier alpha value is -1.82. The second kappa shape index (κ2) is 7.06. The number of fused-ring (bicyclic) bond motifs is 3. The first-order chi connectivity index (χ1) is 12.6. The van der Waals surface area contributed by atoms with Crippen molar-refractivity contribution in [1.29, 1.82) is 0 Å². The van der Waals surface area contributed by atoms with Crippen LogP contribution in [0.4, 0.5) is 10.1 Å². The van der Waals surface area contributed by atoms with Crippen LogP contribution in [0.25, 0.3) is 10.4 Å². The summed E-state index contributed by atoms with van der Waals surface area (Å²) >= 11 is 9.28. The van der Waals surface area contributed by atoms with Gasteiger partial charge in [0.25, 0.3) is 5.91 Å². The van der Waals surface area contributed by atoms with Gasteiger partial charge >= 0.3 is 0 Å². The first kappa shape index (κ1) is 17.6. The molecule has 0 spiro atoms. The molecule has 0 aliphatic carbocycles. The topological polar surface area (TPSA) is 20.3 Å². The number of nitrogens with zero attached hydrogens (tertiary/aromatic N) is 1. The summed E-state index contributed by atoms with van der Waals surface area (Å²) < 4.78 is 14.2. The molecule has 2 aromatic carbocycles. The molecule has 0 atom stereocenters. The lowest BCUT2D eigenvalue weighted by atomic mass is 10.1. The fourth-order valence-electron chi connectivity index (χ4n) is 3.05. The highest BCUT2D eigenvalue weighted by Gasteiger charge is 2.25. The Balaban J connectivity index is 1.73. The second-order valence-electron chi connectivity index (χ2n) is 5.89. The van der Waals surface area contributed by atoms with Gasteiger partial charge in [-0.2, -0.15) is 0 Å². The van der Waals surface area contributed by atoms with Gasteiger partial charge in [-0.05, 0) is 42.8 Å². The molecule has 2 nitrogen and oxygen atoms in total. The first-order valence-corrected chi connectivity index (χ1v) is 10.4. The van der Waals surface area contributed by atoms with Crippen LogP contribution in [0.2, 0.25) is 5.02 Å². The third-order valence-corrected chi connectivity index (χ3v) is 6.83. The molecule has 132 valence electrons. The van der Waals surface area contributed by atoms with Gasteiger partial charge < -0.3 is 4.90 Å². The maximum absolute atomic E-state index is 14.2. The highest BCUT2D eigenvalue weighted by Crippen LogP contribution is 2.46. The molecular formula is C20H15ClFNOS2. The number of thioether (sulfide) groups is 1. The minimum Gasteiger partial charge on any atom is -0.305 e. The average Bonchev–Trinajstić information content (AvgIpc) is 3.08. The van der Waals surface area contributed by atoms with Crippen molar-refractivity contribution in [2.75, 3.05) is 11.4 Å². The van der Waals surface area contributed by atoms with E-state index in [1.807, 2.05) is 31.2 Å². The molecule has 1 aliphatic heterocycles. The predicted octanol–water partition coefficient (Wildman–Crippen LogP) is 6.48. The Bertz CT molecular complexity index is 1000. The maximum atomic E-state index is 14.2. The van der Waals surface area contributed by atoms with Gasteiger partial charge in [0.05, 0.1) is 10.6 Å². The van der Waals surface area contributed by atoms with Crippen LogP contribution in [0.3, 0.4) is 0 Å². The monoisotopic (exact) mass is 403 g/mol. The van der Waals surface area contributed by atoms with Crippen LogP contribution in [0.5, 0.6) is 0 Å². The van der Waals surface area contributed by atoms with Crippen LogP contribution < -0.4 is 4.90 Å². The van der Waals surface area contributed by atoms with Crippen molar-refractivity contribution >= 4 is 46.3 Å². The van der Waals surface area contributed by atoms with Crippen molar-refractivity contribution in [3.8, 4) is 10.4 Å². The summed E-state index contributed by atoms with van der Waals surface area (Å²) in [5.41, 5.74) is 2.56. The Kier molecular flexibility index (Phi) is 4.78. The minimum atomic E-state index is -0.389. The van der Waals surface area contributed by atoms with Gasteiger partial charge in [0, 0.05) is 32.7 Å². The van der Waals surface area contributed by atoms with E-state index in [4.69, 9.17) is 11.6 Å². The summed E-state index contributed by atoms with van der Waals surface area (Å²) in [5, 5.41) is 0.712. The molecule has 0 saturated carbocycles. The smallest absolute Gasteiger partial charge is 0.268 e. The van der Waals surface area contributed by atoms with Crippen LogP contribution in [0.1, 0.15) is 22.2 Å². The molecule has 0 bridgehead atoms. The highest BCUT2D eigenvalue weighted by molar-refractivity contribution is 7.98. The molecule has 6 heteroatoms. The molecule has 4 rings (SSSR count). The van der Waals surface area contributed by atoms with Crippen LogP contribution in [-0.2, 0) is 5.75 Å². The molecule has 1 aromatic heterocycles. The zero-order valence-corrected chi connectivity index (χ0v) is 16.3. The second-order valence-corrected chi connectivity index (χ2v) is 8.40. The number of benzene rings is 2. The molecule has 1 amide bonds. The van der Waals surface area contributed by atoms with Gasteiger partial charge in [0.1, 0.15) is 5.82 Å². The maximum Gasteiger partial charge on any atom is 0.268 e. The van der Waals surface area contributed by atoms with Crippen molar-refractivity contribution in [2.24, 2.45) is 0 Å². The fourth-order valence-corrected chi connectivity index (χ4v) is 5.69. The zero-order chi connectivity index (χ0) is 18.3. The first-order valence-electron chi connectivity index (χ1n) is 8.20. The van der Waals surface area contributed by atoms with Crippen molar-refractivity contribution in [3.05, 3.63) is 69.8 Å². The number of thiophene rings is 1. The summed E-state index contributed by atoms with van der Waals surface area (Å²) in [6.45, 7) is 2.26. The molecule has 3 aromatic rings. The third kappa shape index (κ3) is 3.04. The number of carbonyl (C=O) groups excluding carboxylic acids is 1. The van der Waals surface area contributed by atoms with Gasteiger partial charge in [-0.3, -0.25) is 4.79 Å². The van der Waals surface area contributed by atoms with Gasteiger partial charge in [-0.25, -0.2) is 4.39 Å². The molecular weight excluding hydrogens is 389 g/mol. The van der Waals surface area contributed by atoms with Crippen molar-refractivity contribution in [2.45, 2.75) is 17.6 Å². The number of hydrogen-bond acceptors (Lipinski definition) is 3. The Morgan fingerprint density at radius 1 is 1.23 bits per heavy atom. The van der Waals surface area contributed by atoms with Crippen LogP contribution in [0.15, 0.2) is 53.4 Å². The lowest BCUT2D eigenvalue weighted by Crippen LogP contribution is -2.30. The number of rotatable bonds is 3. The van der Waals surface area contributed by atoms with E-state index in [9.17, 15) is 9.18 Å². The third-order valence-electron chi connectivity index (χ3n) is 4.30. The van der Waals surface area contributed by atoms with Gasteiger partial charge in [0.2, 0.25) is 0 Å². The molecule has 2 heterocycles. The lowest BCUT2D eigenvalue weighted by molar-refractivity contribution is 0.0991. The number of anilines is 1. The van der Waals surface area contributed by atoms with Gasteiger partial charge in [-0.1, -0.05) is 29.8 Å². The lowest BCUT2D eigenvalue weighted by Gasteiger charge is -2.20. The van der Waals surface area contributed by atoms with E-state index in [-0.39, 0.29) is 11.7 Å². The van der Waals surface area contributed by atoms with E-state index in [2.05, 4.69) is 0 Å². The number of amides is 1. The van der Waals surface area contributed by atoms with E-state index in [0.29, 0.717) is 22.1 Å². The standard InChI is InChI=1S/C20H15ClFNOS2/c1-2-23(16-6-4-3-5-15(16)22)20(24)18-9-12-11-25-17-10-13(21)7-8-14(17)19(12)26-18/h3-10H,2,11H2,1H3. The number of carbonyl (C=O) groups is 1. The van der Waals surface area contributed by atoms with E-state index >= 15 is 0 Å². The van der Waals surface area contributed by atoms with E-state index in [0.717, 1.165) is 26.7 Å². The molecule has 0 unspecified atom stereocenters. The normalized spacial score (nSPS) is 12.4. The Morgan fingerprint density at radius 3 is 2.81 bits per heavy atom. The van der Waals surface area contributed by atoms with Crippen LogP contribution in [0, 0.1) is 5.82 Å². The van der Waals surface area contributed by atoms with E-state index in [1.54, 1.807) is 30.0 Å². The summed E-state index contributed by atoms with van der Waals surface area (Å²) in [6, 6.07) is 14.2. The predicted molar refractivity (Wildman–Crippen MR) is 108 cm³/mol. The van der Waals surface area contributed by atoms with Crippen LogP contribution in [-0.4, -0.2) is 12.5 Å². The van der Waals surface area contributed by atoms with Crippen molar-refractivity contribution < 1.29 is 9.18 Å². The fraction of sp³-hybridized carbons (Fsp3) is 0.150. The Morgan fingerprint density at radius 2 is 2.04 bits per heavy atom. The Labute approximate surface area is 164 Å². The highest BCUT2D eigenvalue weighted by atomic mass is 35.5.